The number of ether oxygens (including phenoxy) is 2. The van der Waals surface area contributed by atoms with Crippen LogP contribution in [0.4, 0.5) is 5.69 Å². The quantitative estimate of drug-likeness (QED) is 0.702. The molecular weight excluding hydrogens is 318 g/mol. The highest BCUT2D eigenvalue weighted by Crippen LogP contribution is 2.17. The lowest BCUT2D eigenvalue weighted by Gasteiger charge is -2.09. The largest absolute Gasteiger partial charge is 0.489 e. The van der Waals surface area contributed by atoms with E-state index in [9.17, 15) is 9.59 Å². The Morgan fingerprint density at radius 2 is 1.72 bits per heavy atom. The number of benzene rings is 2. The monoisotopic (exact) mass is 341 g/mol. The summed E-state index contributed by atoms with van der Waals surface area (Å²) in [5.41, 5.74) is 1.71. The number of esters is 1. The van der Waals surface area contributed by atoms with Crippen molar-refractivity contribution in [3.63, 3.8) is 0 Å². The number of anilines is 1. The molecule has 0 aliphatic rings. The van der Waals surface area contributed by atoms with Gasteiger partial charge in [0.2, 0.25) is 0 Å². The van der Waals surface area contributed by atoms with Crippen LogP contribution in [0.3, 0.4) is 0 Å². The van der Waals surface area contributed by atoms with Crippen molar-refractivity contribution in [3.05, 3.63) is 60.2 Å². The summed E-state index contributed by atoms with van der Waals surface area (Å²) >= 11 is 0. The number of unbranched alkanes of at least 4 members (excludes halogenated alkanes) is 1. The molecule has 2 aromatic carbocycles. The Bertz CT molecular complexity index is 668. The predicted molar refractivity (Wildman–Crippen MR) is 96.3 cm³/mol. The van der Waals surface area contributed by atoms with Crippen LogP contribution in [0.1, 0.15) is 31.7 Å². The van der Waals surface area contributed by atoms with Crippen molar-refractivity contribution >= 4 is 17.6 Å². The molecule has 1 N–H and O–H groups in total. The van der Waals surface area contributed by atoms with Crippen molar-refractivity contribution in [2.75, 3.05) is 11.9 Å². The van der Waals surface area contributed by atoms with E-state index in [1.54, 1.807) is 24.3 Å². The van der Waals surface area contributed by atoms with Gasteiger partial charge in [0.1, 0.15) is 12.4 Å². The van der Waals surface area contributed by atoms with Gasteiger partial charge in [-0.25, -0.2) is 0 Å². The molecule has 0 fully saturated rings. The van der Waals surface area contributed by atoms with E-state index < -0.39 is 0 Å². The Kier molecular flexibility index (Phi) is 7.50. The highest BCUT2D eigenvalue weighted by Gasteiger charge is 2.07. The highest BCUT2D eigenvalue weighted by molar-refractivity contribution is 5.92. The number of nitrogens with one attached hydrogen (secondary N) is 1. The van der Waals surface area contributed by atoms with Gasteiger partial charge in [-0.15, -0.1) is 0 Å². The van der Waals surface area contributed by atoms with Crippen LogP contribution in [0.2, 0.25) is 0 Å². The van der Waals surface area contributed by atoms with Gasteiger partial charge in [0.25, 0.3) is 5.91 Å². The molecule has 25 heavy (non-hydrogen) atoms. The van der Waals surface area contributed by atoms with E-state index in [1.807, 2.05) is 37.3 Å². The Hall–Kier alpha value is -2.82. The van der Waals surface area contributed by atoms with Gasteiger partial charge in [-0.3, -0.25) is 9.59 Å². The number of carbonyl (C=O) groups excluding carboxylic acids is 2. The van der Waals surface area contributed by atoms with Gasteiger partial charge >= 0.3 is 5.97 Å². The van der Waals surface area contributed by atoms with E-state index in [2.05, 4.69) is 5.32 Å². The lowest BCUT2D eigenvalue weighted by molar-refractivity contribution is -0.147. The summed E-state index contributed by atoms with van der Waals surface area (Å²) in [4.78, 5) is 23.1. The molecule has 2 rings (SSSR count). The first-order valence-corrected chi connectivity index (χ1v) is 8.39. The molecular formula is C20H23NO4. The normalized spacial score (nSPS) is 10.1. The highest BCUT2D eigenvalue weighted by atomic mass is 16.5. The molecule has 0 saturated heterocycles. The van der Waals surface area contributed by atoms with Crippen LogP contribution in [-0.4, -0.2) is 18.5 Å². The van der Waals surface area contributed by atoms with Gasteiger partial charge in [0.05, 0.1) is 0 Å². The van der Waals surface area contributed by atoms with Gasteiger partial charge in [-0.2, -0.15) is 0 Å². The van der Waals surface area contributed by atoms with E-state index >= 15 is 0 Å². The van der Waals surface area contributed by atoms with Crippen LogP contribution < -0.4 is 10.1 Å². The van der Waals surface area contributed by atoms with E-state index in [-0.39, 0.29) is 18.5 Å². The standard InChI is InChI=1S/C20H23NO4/c1-2-3-9-20(23)25-15-19(22)21-17-10-12-18(13-11-17)24-14-16-7-5-4-6-8-16/h4-8,10-13H,2-3,9,14-15H2,1H3,(H,21,22). The Labute approximate surface area is 148 Å². The summed E-state index contributed by atoms with van der Waals surface area (Å²) in [5, 5.41) is 2.68. The third kappa shape index (κ3) is 7.08. The fraction of sp³-hybridized carbons (Fsp3) is 0.300. The molecule has 0 bridgehead atoms. The molecule has 5 nitrogen and oxygen atoms in total. The summed E-state index contributed by atoms with van der Waals surface area (Å²) in [5.74, 6) is 0.0114. The van der Waals surface area contributed by atoms with Gasteiger partial charge in [0.15, 0.2) is 6.61 Å². The van der Waals surface area contributed by atoms with E-state index in [1.165, 1.54) is 0 Å². The Morgan fingerprint density at radius 3 is 2.40 bits per heavy atom. The fourth-order valence-electron chi connectivity index (χ4n) is 2.11. The first-order valence-electron chi connectivity index (χ1n) is 8.39. The Morgan fingerprint density at radius 1 is 1.00 bits per heavy atom. The molecule has 132 valence electrons. The van der Waals surface area contributed by atoms with Gasteiger partial charge in [-0.05, 0) is 36.2 Å². The third-order valence-electron chi connectivity index (χ3n) is 3.49. The smallest absolute Gasteiger partial charge is 0.306 e. The number of amides is 1. The molecule has 0 spiro atoms. The zero-order valence-electron chi connectivity index (χ0n) is 14.4. The molecule has 0 aliphatic carbocycles. The number of carbonyl (C=O) groups is 2. The summed E-state index contributed by atoms with van der Waals surface area (Å²) in [6.07, 6.45) is 2.03. The van der Waals surface area contributed by atoms with Crippen LogP contribution in [-0.2, 0) is 20.9 Å². The summed E-state index contributed by atoms with van der Waals surface area (Å²) in [6, 6.07) is 16.9. The zero-order chi connectivity index (χ0) is 17.9. The van der Waals surface area contributed by atoms with E-state index in [0.717, 1.165) is 18.4 Å². The van der Waals surface area contributed by atoms with Crippen molar-refractivity contribution in [1.29, 1.82) is 0 Å². The first kappa shape index (κ1) is 18.5. The molecule has 0 saturated carbocycles. The maximum absolute atomic E-state index is 11.8. The third-order valence-corrected chi connectivity index (χ3v) is 3.49. The molecule has 0 heterocycles. The molecule has 1 amide bonds. The van der Waals surface area contributed by atoms with Crippen LogP contribution in [0.15, 0.2) is 54.6 Å². The minimum absolute atomic E-state index is 0.269. The SMILES string of the molecule is CCCCC(=O)OCC(=O)Nc1ccc(OCc2ccccc2)cc1. The minimum atomic E-state index is -0.359. The van der Waals surface area contributed by atoms with Crippen LogP contribution >= 0.6 is 0 Å². The summed E-state index contributed by atoms with van der Waals surface area (Å²) in [7, 11) is 0. The van der Waals surface area contributed by atoms with Gasteiger partial charge in [0, 0.05) is 12.1 Å². The van der Waals surface area contributed by atoms with Crippen LogP contribution in [0.25, 0.3) is 0 Å². The molecule has 0 aromatic heterocycles. The maximum Gasteiger partial charge on any atom is 0.306 e. The van der Waals surface area contributed by atoms with Crippen LogP contribution in [0, 0.1) is 0 Å². The van der Waals surface area contributed by atoms with Crippen LogP contribution in [0.5, 0.6) is 5.75 Å². The molecule has 0 aliphatic heterocycles. The molecule has 0 atom stereocenters. The molecule has 2 aromatic rings. The van der Waals surface area contributed by atoms with Crippen molar-refractivity contribution < 1.29 is 19.1 Å². The van der Waals surface area contributed by atoms with Crippen molar-refractivity contribution in [2.45, 2.75) is 32.8 Å². The molecule has 0 unspecified atom stereocenters. The average Bonchev–Trinajstić information content (AvgIpc) is 2.65. The van der Waals surface area contributed by atoms with Gasteiger partial charge < -0.3 is 14.8 Å². The minimum Gasteiger partial charge on any atom is -0.489 e. The maximum atomic E-state index is 11.8. The average molecular weight is 341 g/mol. The predicted octanol–water partition coefficient (Wildman–Crippen LogP) is 3.94. The van der Waals surface area contributed by atoms with Crippen molar-refractivity contribution in [3.8, 4) is 5.75 Å². The molecule has 5 heteroatoms. The van der Waals surface area contributed by atoms with E-state index in [0.29, 0.717) is 24.5 Å². The zero-order valence-corrected chi connectivity index (χ0v) is 14.4. The number of hydrogen-bond acceptors (Lipinski definition) is 4. The first-order chi connectivity index (χ1) is 12.2. The van der Waals surface area contributed by atoms with Crippen molar-refractivity contribution in [1.82, 2.24) is 0 Å². The Balaban J connectivity index is 1.74. The lowest BCUT2D eigenvalue weighted by Crippen LogP contribution is -2.20. The van der Waals surface area contributed by atoms with E-state index in [4.69, 9.17) is 9.47 Å². The van der Waals surface area contributed by atoms with Gasteiger partial charge in [-0.1, -0.05) is 43.7 Å². The second-order valence-corrected chi connectivity index (χ2v) is 5.61. The number of hydrogen-bond donors (Lipinski definition) is 1. The lowest BCUT2D eigenvalue weighted by atomic mass is 10.2. The van der Waals surface area contributed by atoms with Crippen molar-refractivity contribution in [2.24, 2.45) is 0 Å². The second-order valence-electron chi connectivity index (χ2n) is 5.61. The number of rotatable bonds is 9. The fourth-order valence-corrected chi connectivity index (χ4v) is 2.11. The summed E-state index contributed by atoms with van der Waals surface area (Å²) in [6.45, 7) is 2.21. The topological polar surface area (TPSA) is 64.6 Å². The molecule has 0 radical (unpaired) electrons. The summed E-state index contributed by atoms with van der Waals surface area (Å²) < 4.78 is 10.6. The second kappa shape index (κ2) is 10.1.